The number of rotatable bonds is 6. The molecule has 182 valence electrons. The summed E-state index contributed by atoms with van der Waals surface area (Å²) < 4.78 is 7.62. The molecule has 36 heavy (non-hydrogen) atoms. The van der Waals surface area contributed by atoms with E-state index in [1.54, 1.807) is 12.3 Å². The molecule has 1 fully saturated rings. The average molecular weight is 500 g/mol. The highest BCUT2D eigenvalue weighted by Gasteiger charge is 2.42. The summed E-state index contributed by atoms with van der Waals surface area (Å²) in [5.74, 6) is 0.429. The molecule has 0 bridgehead atoms. The van der Waals surface area contributed by atoms with E-state index in [0.717, 1.165) is 34.0 Å². The number of methoxy groups -OCH3 is 1. The summed E-state index contributed by atoms with van der Waals surface area (Å²) in [4.78, 5) is 17.7. The van der Waals surface area contributed by atoms with Gasteiger partial charge in [-0.05, 0) is 68.0 Å². The first-order chi connectivity index (χ1) is 17.4. The van der Waals surface area contributed by atoms with E-state index in [9.17, 15) is 10.1 Å². The molecule has 1 saturated heterocycles. The molecule has 0 amide bonds. The number of hydrogen-bond donors (Lipinski definition) is 1. The molecule has 9 heteroatoms. The van der Waals surface area contributed by atoms with Gasteiger partial charge in [0.25, 0.3) is 5.69 Å². The fraction of sp³-hybridized carbons (Fsp3) is 0.185. The summed E-state index contributed by atoms with van der Waals surface area (Å²) >= 11 is 5.83. The molecule has 4 aromatic rings. The van der Waals surface area contributed by atoms with Gasteiger partial charge in [-0.25, -0.2) is 0 Å². The van der Waals surface area contributed by atoms with Gasteiger partial charge in [-0.2, -0.15) is 0 Å². The Kier molecular flexibility index (Phi) is 6.15. The topological polar surface area (TPSA) is 85.5 Å². The lowest BCUT2D eigenvalue weighted by atomic mass is 9.96. The van der Waals surface area contributed by atoms with Gasteiger partial charge in [0.05, 0.1) is 41.6 Å². The molecule has 2 aromatic heterocycles. The van der Waals surface area contributed by atoms with E-state index >= 15 is 0 Å². The van der Waals surface area contributed by atoms with Gasteiger partial charge in [-0.3, -0.25) is 15.1 Å². The smallest absolute Gasteiger partial charge is 0.273 e. The third-order valence-electron chi connectivity index (χ3n) is 6.54. The normalized spacial score (nSPS) is 17.2. The van der Waals surface area contributed by atoms with Crippen molar-refractivity contribution < 1.29 is 9.66 Å². The Hall–Kier alpha value is -4.24. The lowest BCUT2D eigenvalue weighted by Gasteiger charge is -2.28. The maximum atomic E-state index is 11.3. The van der Waals surface area contributed by atoms with E-state index in [1.807, 2.05) is 62.4 Å². The van der Waals surface area contributed by atoms with Crippen LogP contribution in [-0.4, -0.2) is 26.7 Å². The zero-order chi connectivity index (χ0) is 25.4. The van der Waals surface area contributed by atoms with Crippen LogP contribution in [0.5, 0.6) is 5.75 Å². The molecule has 1 aliphatic heterocycles. The Morgan fingerprint density at radius 1 is 1.06 bits per heavy atom. The van der Waals surface area contributed by atoms with Crippen molar-refractivity contribution in [1.82, 2.24) is 14.9 Å². The van der Waals surface area contributed by atoms with Crippen LogP contribution in [0.4, 0.5) is 11.4 Å². The molecule has 0 saturated carbocycles. The van der Waals surface area contributed by atoms with Crippen LogP contribution in [0, 0.1) is 24.0 Å². The first kappa shape index (κ1) is 23.5. The maximum absolute atomic E-state index is 11.3. The number of nitro benzene ring substituents is 1. The number of nitrogens with zero attached hydrogens (tertiary/aromatic N) is 4. The van der Waals surface area contributed by atoms with Crippen molar-refractivity contribution in [2.45, 2.75) is 25.9 Å². The van der Waals surface area contributed by atoms with Gasteiger partial charge < -0.3 is 19.5 Å². The van der Waals surface area contributed by atoms with Gasteiger partial charge in [0, 0.05) is 29.3 Å². The zero-order valence-corrected chi connectivity index (χ0v) is 20.9. The van der Waals surface area contributed by atoms with Crippen LogP contribution in [0.15, 0.2) is 79.0 Å². The Bertz CT molecular complexity index is 1440. The summed E-state index contributed by atoms with van der Waals surface area (Å²) in [5, 5.41) is 15.4. The van der Waals surface area contributed by atoms with E-state index in [1.165, 1.54) is 19.2 Å². The van der Waals surface area contributed by atoms with Gasteiger partial charge in [0.15, 0.2) is 5.11 Å². The predicted molar refractivity (Wildman–Crippen MR) is 143 cm³/mol. The number of thiocarbonyl (C=S) groups is 1. The third kappa shape index (κ3) is 3.97. The van der Waals surface area contributed by atoms with E-state index in [-0.39, 0.29) is 17.8 Å². The lowest BCUT2D eigenvalue weighted by molar-refractivity contribution is -0.384. The number of hydrogen-bond acceptors (Lipinski definition) is 5. The number of ether oxygens (including phenoxy) is 1. The molecule has 1 aliphatic rings. The van der Waals surface area contributed by atoms with E-state index in [0.29, 0.717) is 10.9 Å². The van der Waals surface area contributed by atoms with Crippen molar-refractivity contribution in [3.63, 3.8) is 0 Å². The maximum Gasteiger partial charge on any atom is 0.273 e. The number of aryl methyl sites for hydroxylation is 1. The number of non-ortho nitro benzene ring substituents is 1. The Morgan fingerprint density at radius 2 is 1.81 bits per heavy atom. The number of anilines is 1. The van der Waals surface area contributed by atoms with Crippen molar-refractivity contribution in [2.75, 3.05) is 12.0 Å². The van der Waals surface area contributed by atoms with E-state index in [4.69, 9.17) is 17.0 Å². The van der Waals surface area contributed by atoms with Crippen LogP contribution in [-0.2, 0) is 0 Å². The van der Waals surface area contributed by atoms with Crippen molar-refractivity contribution in [3.8, 4) is 11.4 Å². The number of benzene rings is 2. The predicted octanol–water partition coefficient (Wildman–Crippen LogP) is 5.58. The summed E-state index contributed by atoms with van der Waals surface area (Å²) in [6.45, 7) is 4.06. The van der Waals surface area contributed by atoms with Crippen LogP contribution in [0.1, 0.15) is 34.7 Å². The zero-order valence-electron chi connectivity index (χ0n) is 20.1. The average Bonchev–Trinajstić information content (AvgIpc) is 3.39. The Labute approximate surface area is 214 Å². The second-order valence-electron chi connectivity index (χ2n) is 8.61. The molecule has 3 heterocycles. The first-order valence-electron chi connectivity index (χ1n) is 11.5. The monoisotopic (exact) mass is 499 g/mol. The van der Waals surface area contributed by atoms with Crippen molar-refractivity contribution >= 4 is 28.7 Å². The Morgan fingerprint density at radius 3 is 2.47 bits per heavy atom. The first-order valence-corrected chi connectivity index (χ1v) is 11.9. The van der Waals surface area contributed by atoms with Crippen molar-refractivity contribution in [1.29, 1.82) is 0 Å². The molecule has 2 aromatic carbocycles. The minimum Gasteiger partial charge on any atom is -0.494 e. The molecule has 5 rings (SSSR count). The van der Waals surface area contributed by atoms with Crippen LogP contribution in [0.3, 0.4) is 0 Å². The van der Waals surface area contributed by atoms with E-state index < -0.39 is 4.92 Å². The highest BCUT2D eigenvalue weighted by Crippen LogP contribution is 2.44. The summed E-state index contributed by atoms with van der Waals surface area (Å²) in [6, 6.07) is 22.4. The molecule has 0 spiro atoms. The van der Waals surface area contributed by atoms with Crippen LogP contribution in [0.2, 0.25) is 0 Å². The number of pyridine rings is 1. The standard InChI is InChI=1S/C27H25N5O3S/c1-17-15-21(18(2)30(17)23-13-12-20(32(33)34)16-24(23)35-3)26-25(22-11-7-8-14-28-22)29-27(36)31(26)19-9-5-4-6-10-19/h4-16,25-26H,1-3H3,(H,29,36). The number of aromatic nitrogens is 2. The van der Waals surface area contributed by atoms with Crippen LogP contribution < -0.4 is 15.0 Å². The molecule has 2 unspecified atom stereocenters. The van der Waals surface area contributed by atoms with Gasteiger partial charge in [0.2, 0.25) is 0 Å². The lowest BCUT2D eigenvalue weighted by Crippen LogP contribution is -2.29. The number of nitro groups is 1. The minimum absolute atomic E-state index is 0.0194. The van der Waals surface area contributed by atoms with Gasteiger partial charge in [-0.1, -0.05) is 24.3 Å². The fourth-order valence-electron chi connectivity index (χ4n) is 4.96. The number of para-hydroxylation sites is 1. The second-order valence-corrected chi connectivity index (χ2v) is 8.99. The van der Waals surface area contributed by atoms with Gasteiger partial charge in [0.1, 0.15) is 5.75 Å². The highest BCUT2D eigenvalue weighted by atomic mass is 32.1. The van der Waals surface area contributed by atoms with E-state index in [2.05, 4.69) is 25.8 Å². The van der Waals surface area contributed by atoms with Crippen molar-refractivity contribution in [2.24, 2.45) is 0 Å². The highest BCUT2D eigenvalue weighted by molar-refractivity contribution is 7.80. The molecular formula is C27H25N5O3S. The fourth-order valence-corrected chi connectivity index (χ4v) is 5.31. The second kappa shape index (κ2) is 9.43. The summed E-state index contributed by atoms with van der Waals surface area (Å²) in [7, 11) is 1.52. The molecule has 8 nitrogen and oxygen atoms in total. The summed E-state index contributed by atoms with van der Waals surface area (Å²) in [6.07, 6.45) is 1.79. The van der Waals surface area contributed by atoms with Gasteiger partial charge >= 0.3 is 0 Å². The largest absolute Gasteiger partial charge is 0.494 e. The molecule has 0 radical (unpaired) electrons. The van der Waals surface area contributed by atoms with Crippen LogP contribution >= 0.6 is 12.2 Å². The van der Waals surface area contributed by atoms with Crippen LogP contribution in [0.25, 0.3) is 5.69 Å². The minimum atomic E-state index is -0.423. The molecule has 2 atom stereocenters. The molecular weight excluding hydrogens is 474 g/mol. The SMILES string of the molecule is COc1cc([N+](=O)[O-])ccc1-n1c(C)cc(C2C(c3ccccn3)NC(=S)N2c2ccccc2)c1C. The number of nitrogens with one attached hydrogen (secondary N) is 1. The quantitative estimate of drug-likeness (QED) is 0.210. The van der Waals surface area contributed by atoms with Crippen molar-refractivity contribution in [3.05, 3.63) is 112 Å². The Balaban J connectivity index is 1.68. The third-order valence-corrected chi connectivity index (χ3v) is 6.85. The molecule has 1 N–H and O–H groups in total. The van der Waals surface area contributed by atoms with Gasteiger partial charge in [-0.15, -0.1) is 0 Å². The molecule has 0 aliphatic carbocycles. The summed E-state index contributed by atoms with van der Waals surface area (Å²) in [5.41, 5.74) is 5.61.